The highest BCUT2D eigenvalue weighted by molar-refractivity contribution is 7.92. The Morgan fingerprint density at radius 3 is 2.44 bits per heavy atom. The molecule has 0 atom stereocenters. The molecule has 0 aliphatic carbocycles. The van der Waals surface area contributed by atoms with E-state index in [9.17, 15) is 17.2 Å². The second-order valence-corrected chi connectivity index (χ2v) is 4.90. The molecule has 0 saturated carbocycles. The van der Waals surface area contributed by atoms with Gasteiger partial charge >= 0.3 is 0 Å². The van der Waals surface area contributed by atoms with Gasteiger partial charge in [0.05, 0.1) is 0 Å². The van der Waals surface area contributed by atoms with Gasteiger partial charge in [-0.1, -0.05) is 0 Å². The van der Waals surface area contributed by atoms with Gasteiger partial charge in [-0.15, -0.1) is 0 Å². The zero-order chi connectivity index (χ0) is 13.2. The average molecular weight is 271 g/mol. The summed E-state index contributed by atoms with van der Waals surface area (Å²) in [6.45, 7) is 0. The van der Waals surface area contributed by atoms with Crippen molar-refractivity contribution < 1.29 is 17.2 Å². The standard InChI is InChI=1S/C10H7F2N3O2S/c11-7-2-3-8(12)9(6-7)18(16,17)15-10-13-4-1-5-14-10/h1-6H,(H,13,14,15). The Morgan fingerprint density at radius 2 is 1.78 bits per heavy atom. The molecule has 0 unspecified atom stereocenters. The fourth-order valence-corrected chi connectivity index (χ4v) is 2.26. The lowest BCUT2D eigenvalue weighted by Gasteiger charge is -2.06. The van der Waals surface area contributed by atoms with Crippen molar-refractivity contribution in [2.24, 2.45) is 0 Å². The zero-order valence-corrected chi connectivity index (χ0v) is 9.66. The van der Waals surface area contributed by atoms with Gasteiger partial charge in [-0.3, -0.25) is 0 Å². The van der Waals surface area contributed by atoms with Gasteiger partial charge in [0.25, 0.3) is 10.0 Å². The van der Waals surface area contributed by atoms with Crippen molar-refractivity contribution in [2.75, 3.05) is 4.72 Å². The van der Waals surface area contributed by atoms with Crippen LogP contribution in [0.1, 0.15) is 0 Å². The molecule has 8 heteroatoms. The number of hydrogen-bond acceptors (Lipinski definition) is 4. The van der Waals surface area contributed by atoms with Crippen LogP contribution < -0.4 is 4.72 Å². The van der Waals surface area contributed by atoms with Crippen LogP contribution in [0.15, 0.2) is 41.6 Å². The first-order valence-corrected chi connectivity index (χ1v) is 6.22. The molecular weight excluding hydrogens is 264 g/mol. The van der Waals surface area contributed by atoms with Crippen LogP contribution in [0.2, 0.25) is 0 Å². The summed E-state index contributed by atoms with van der Waals surface area (Å²) in [5, 5.41) is 0. The Hall–Kier alpha value is -2.09. The topological polar surface area (TPSA) is 72.0 Å². The van der Waals surface area contributed by atoms with Crippen molar-refractivity contribution >= 4 is 16.0 Å². The molecular formula is C10H7F2N3O2S. The van der Waals surface area contributed by atoms with Gasteiger partial charge in [-0.2, -0.15) is 0 Å². The molecule has 0 aliphatic heterocycles. The first kappa shape index (κ1) is 12.4. The lowest BCUT2D eigenvalue weighted by Crippen LogP contribution is -2.16. The maximum absolute atomic E-state index is 13.3. The Kier molecular flexibility index (Phi) is 3.19. The Labute approximate surface area is 102 Å². The summed E-state index contributed by atoms with van der Waals surface area (Å²) in [4.78, 5) is 6.45. The normalized spacial score (nSPS) is 11.2. The Balaban J connectivity index is 2.40. The van der Waals surface area contributed by atoms with E-state index in [1.54, 1.807) is 0 Å². The molecule has 0 spiro atoms. The SMILES string of the molecule is O=S(=O)(Nc1ncccn1)c1cc(F)ccc1F. The van der Waals surface area contributed by atoms with E-state index in [-0.39, 0.29) is 5.95 Å². The van der Waals surface area contributed by atoms with E-state index >= 15 is 0 Å². The molecule has 2 aromatic rings. The van der Waals surface area contributed by atoms with E-state index in [4.69, 9.17) is 0 Å². The van der Waals surface area contributed by atoms with E-state index in [2.05, 4.69) is 9.97 Å². The number of hydrogen-bond donors (Lipinski definition) is 1. The molecule has 1 N–H and O–H groups in total. The molecule has 1 heterocycles. The first-order chi connectivity index (χ1) is 8.49. The average Bonchev–Trinajstić information content (AvgIpc) is 2.33. The van der Waals surface area contributed by atoms with Crippen LogP contribution in [-0.2, 0) is 10.0 Å². The number of sulfonamides is 1. The minimum atomic E-state index is -4.26. The predicted octanol–water partition coefficient (Wildman–Crippen LogP) is 1.56. The smallest absolute Gasteiger partial charge is 0.247 e. The number of benzene rings is 1. The summed E-state index contributed by atoms with van der Waals surface area (Å²) in [5.74, 6) is -2.13. The molecule has 0 radical (unpaired) electrons. The largest absolute Gasteiger partial charge is 0.267 e. The maximum Gasteiger partial charge on any atom is 0.267 e. The van der Waals surface area contributed by atoms with Crippen LogP contribution in [0.4, 0.5) is 14.7 Å². The highest BCUT2D eigenvalue weighted by atomic mass is 32.2. The molecule has 1 aromatic heterocycles. The summed E-state index contributed by atoms with van der Waals surface area (Å²) in [5.41, 5.74) is 0. The predicted molar refractivity (Wildman–Crippen MR) is 59.2 cm³/mol. The summed E-state index contributed by atoms with van der Waals surface area (Å²) < 4.78 is 51.8. The Bertz CT molecular complexity index is 662. The Morgan fingerprint density at radius 1 is 1.11 bits per heavy atom. The van der Waals surface area contributed by atoms with Gasteiger partial charge in [0, 0.05) is 12.4 Å². The van der Waals surface area contributed by atoms with Crippen molar-refractivity contribution in [3.63, 3.8) is 0 Å². The fourth-order valence-electron chi connectivity index (χ4n) is 1.21. The van der Waals surface area contributed by atoms with Crippen LogP contribution in [0.5, 0.6) is 0 Å². The summed E-state index contributed by atoms with van der Waals surface area (Å²) in [7, 11) is -4.26. The van der Waals surface area contributed by atoms with Gasteiger partial charge < -0.3 is 0 Å². The molecule has 0 aliphatic rings. The molecule has 1 aromatic carbocycles. The van der Waals surface area contributed by atoms with Crippen LogP contribution in [-0.4, -0.2) is 18.4 Å². The van der Waals surface area contributed by atoms with Crippen LogP contribution >= 0.6 is 0 Å². The second kappa shape index (κ2) is 4.65. The third-order valence-electron chi connectivity index (χ3n) is 1.97. The number of nitrogens with zero attached hydrogens (tertiary/aromatic N) is 2. The lowest BCUT2D eigenvalue weighted by molar-refractivity contribution is 0.555. The van der Waals surface area contributed by atoms with Gasteiger partial charge in [-0.05, 0) is 24.3 Å². The van der Waals surface area contributed by atoms with Crippen molar-refractivity contribution in [2.45, 2.75) is 4.90 Å². The molecule has 0 bridgehead atoms. The van der Waals surface area contributed by atoms with E-state index in [1.165, 1.54) is 18.5 Å². The van der Waals surface area contributed by atoms with E-state index in [0.717, 1.165) is 12.1 Å². The molecule has 2 rings (SSSR count). The van der Waals surface area contributed by atoms with Crippen LogP contribution in [0, 0.1) is 11.6 Å². The van der Waals surface area contributed by atoms with Crippen LogP contribution in [0.3, 0.4) is 0 Å². The van der Waals surface area contributed by atoms with Gasteiger partial charge in [-0.25, -0.2) is 31.9 Å². The fraction of sp³-hybridized carbons (Fsp3) is 0. The number of halogens is 2. The van der Waals surface area contributed by atoms with Crippen molar-refractivity contribution in [1.82, 2.24) is 9.97 Å². The van der Waals surface area contributed by atoms with Crippen LogP contribution in [0.25, 0.3) is 0 Å². The van der Waals surface area contributed by atoms with E-state index in [0.29, 0.717) is 6.07 Å². The van der Waals surface area contributed by atoms with Gasteiger partial charge in [0.15, 0.2) is 0 Å². The van der Waals surface area contributed by atoms with Gasteiger partial charge in [0.1, 0.15) is 16.5 Å². The summed E-state index contributed by atoms with van der Waals surface area (Å²) in [6, 6.07) is 3.63. The maximum atomic E-state index is 13.3. The molecule has 0 amide bonds. The number of rotatable bonds is 3. The summed E-state index contributed by atoms with van der Waals surface area (Å²) >= 11 is 0. The first-order valence-electron chi connectivity index (χ1n) is 4.74. The highest BCUT2D eigenvalue weighted by Gasteiger charge is 2.20. The van der Waals surface area contributed by atoms with Gasteiger partial charge in [0.2, 0.25) is 5.95 Å². The minimum absolute atomic E-state index is 0.221. The second-order valence-electron chi connectivity index (χ2n) is 3.25. The highest BCUT2D eigenvalue weighted by Crippen LogP contribution is 2.17. The number of nitrogens with one attached hydrogen (secondary N) is 1. The third kappa shape index (κ3) is 2.59. The number of anilines is 1. The third-order valence-corrected chi connectivity index (χ3v) is 3.32. The lowest BCUT2D eigenvalue weighted by atomic mass is 10.3. The van der Waals surface area contributed by atoms with E-state index < -0.39 is 26.6 Å². The van der Waals surface area contributed by atoms with Crippen molar-refractivity contribution in [3.05, 3.63) is 48.3 Å². The van der Waals surface area contributed by atoms with Crippen molar-refractivity contribution in [3.8, 4) is 0 Å². The molecule has 0 saturated heterocycles. The van der Waals surface area contributed by atoms with E-state index in [1.807, 2.05) is 4.72 Å². The molecule has 18 heavy (non-hydrogen) atoms. The number of aromatic nitrogens is 2. The quantitative estimate of drug-likeness (QED) is 0.919. The zero-order valence-electron chi connectivity index (χ0n) is 8.84. The molecule has 94 valence electrons. The molecule has 5 nitrogen and oxygen atoms in total. The summed E-state index contributed by atoms with van der Waals surface area (Å²) in [6.07, 6.45) is 2.62. The molecule has 0 fully saturated rings. The van der Waals surface area contributed by atoms with Crippen molar-refractivity contribution in [1.29, 1.82) is 0 Å². The monoisotopic (exact) mass is 271 g/mol. The minimum Gasteiger partial charge on any atom is -0.247 e.